The number of carbonyl (C=O) groups is 1. The summed E-state index contributed by atoms with van der Waals surface area (Å²) in [4.78, 5) is 14.9. The smallest absolute Gasteiger partial charge is 0.309 e. The maximum Gasteiger partial charge on any atom is 0.309 e. The number of aliphatic carboxylic acids is 1. The quantitative estimate of drug-likeness (QED) is 0.795. The molecule has 0 saturated carbocycles. The molecule has 0 aliphatic carbocycles. The number of aromatic nitrogens is 3. The standard InChI is InChI=1S/C13H17N3O2S2/c1-3-9(2)16-5-4-10(15-16)7-19-13-14-11(8-20-13)6-12(17)18/h4-5,8-9H,3,6-7H2,1-2H3,(H,17,18). The van der Waals surface area contributed by atoms with Crippen LogP contribution in [0.5, 0.6) is 0 Å². The van der Waals surface area contributed by atoms with Gasteiger partial charge in [0.1, 0.15) is 0 Å². The van der Waals surface area contributed by atoms with Crippen LogP contribution in [0.3, 0.4) is 0 Å². The van der Waals surface area contributed by atoms with Crippen LogP contribution in [0.2, 0.25) is 0 Å². The molecule has 1 unspecified atom stereocenters. The zero-order chi connectivity index (χ0) is 14.5. The fraction of sp³-hybridized carbons (Fsp3) is 0.462. The summed E-state index contributed by atoms with van der Waals surface area (Å²) in [5.74, 6) is -0.0946. The summed E-state index contributed by atoms with van der Waals surface area (Å²) in [6.45, 7) is 4.28. The molecule has 0 amide bonds. The Morgan fingerprint density at radius 1 is 1.55 bits per heavy atom. The van der Waals surface area contributed by atoms with Crippen molar-refractivity contribution >= 4 is 29.1 Å². The van der Waals surface area contributed by atoms with Gasteiger partial charge in [0, 0.05) is 23.4 Å². The van der Waals surface area contributed by atoms with Crippen LogP contribution in [0.4, 0.5) is 0 Å². The van der Waals surface area contributed by atoms with Crippen molar-refractivity contribution in [2.24, 2.45) is 0 Å². The zero-order valence-corrected chi connectivity index (χ0v) is 13.1. The fourth-order valence-electron chi connectivity index (χ4n) is 1.61. The maximum atomic E-state index is 10.6. The molecule has 0 fully saturated rings. The Bertz CT molecular complexity index is 580. The van der Waals surface area contributed by atoms with Crippen LogP contribution < -0.4 is 0 Å². The highest BCUT2D eigenvalue weighted by atomic mass is 32.2. The highest BCUT2D eigenvalue weighted by Gasteiger charge is 2.09. The number of thioether (sulfide) groups is 1. The first-order valence-electron chi connectivity index (χ1n) is 6.41. The Hall–Kier alpha value is -1.34. The molecule has 108 valence electrons. The summed E-state index contributed by atoms with van der Waals surface area (Å²) < 4.78 is 2.87. The second kappa shape index (κ2) is 6.90. The van der Waals surface area contributed by atoms with E-state index in [0.717, 1.165) is 22.2 Å². The second-order valence-corrected chi connectivity index (χ2v) is 6.59. The maximum absolute atomic E-state index is 10.6. The van der Waals surface area contributed by atoms with Crippen LogP contribution in [0.1, 0.15) is 37.7 Å². The van der Waals surface area contributed by atoms with Crippen molar-refractivity contribution in [3.63, 3.8) is 0 Å². The summed E-state index contributed by atoms with van der Waals surface area (Å²) in [5.41, 5.74) is 1.64. The molecular formula is C13H17N3O2S2. The molecule has 1 N–H and O–H groups in total. The minimum atomic E-state index is -0.848. The van der Waals surface area contributed by atoms with Gasteiger partial charge in [-0.15, -0.1) is 11.3 Å². The largest absolute Gasteiger partial charge is 0.481 e. The monoisotopic (exact) mass is 311 g/mol. The predicted octanol–water partition coefficient (Wildman–Crippen LogP) is 3.23. The van der Waals surface area contributed by atoms with Gasteiger partial charge in [0.2, 0.25) is 0 Å². The van der Waals surface area contributed by atoms with Crippen molar-refractivity contribution in [3.05, 3.63) is 29.0 Å². The lowest BCUT2D eigenvalue weighted by Crippen LogP contribution is -2.04. The first-order valence-corrected chi connectivity index (χ1v) is 8.28. The number of rotatable bonds is 7. The lowest BCUT2D eigenvalue weighted by Gasteiger charge is -2.07. The number of carboxylic acid groups (broad SMARTS) is 1. The molecular weight excluding hydrogens is 294 g/mol. The van der Waals surface area contributed by atoms with Gasteiger partial charge in [0.15, 0.2) is 4.34 Å². The van der Waals surface area contributed by atoms with Crippen molar-refractivity contribution < 1.29 is 9.90 Å². The Balaban J connectivity index is 1.90. The molecule has 2 aromatic heterocycles. The van der Waals surface area contributed by atoms with Gasteiger partial charge in [-0.2, -0.15) is 5.10 Å². The second-order valence-electron chi connectivity index (χ2n) is 4.51. The van der Waals surface area contributed by atoms with E-state index in [4.69, 9.17) is 5.11 Å². The number of nitrogens with zero attached hydrogens (tertiary/aromatic N) is 3. The highest BCUT2D eigenvalue weighted by Crippen LogP contribution is 2.26. The summed E-state index contributed by atoms with van der Waals surface area (Å²) in [6, 6.07) is 2.43. The molecule has 0 radical (unpaired) electrons. The molecule has 0 aliphatic rings. The molecule has 0 aliphatic heterocycles. The highest BCUT2D eigenvalue weighted by molar-refractivity contribution is 8.00. The molecule has 2 aromatic rings. The first-order chi connectivity index (χ1) is 9.58. The van der Waals surface area contributed by atoms with E-state index in [0.29, 0.717) is 11.7 Å². The molecule has 0 saturated heterocycles. The van der Waals surface area contributed by atoms with Crippen LogP contribution in [0.25, 0.3) is 0 Å². The van der Waals surface area contributed by atoms with Gasteiger partial charge in [-0.1, -0.05) is 18.7 Å². The molecule has 5 nitrogen and oxygen atoms in total. The topological polar surface area (TPSA) is 68.0 Å². The van der Waals surface area contributed by atoms with E-state index in [1.165, 1.54) is 11.3 Å². The minimum absolute atomic E-state index is 0.0142. The van der Waals surface area contributed by atoms with Crippen LogP contribution >= 0.6 is 23.1 Å². The van der Waals surface area contributed by atoms with Gasteiger partial charge in [0.05, 0.1) is 17.8 Å². The third-order valence-corrected chi connectivity index (χ3v) is 5.02. The van der Waals surface area contributed by atoms with Crippen molar-refractivity contribution in [2.75, 3.05) is 0 Å². The molecule has 1 atom stereocenters. The van der Waals surface area contributed by atoms with Crippen LogP contribution in [-0.2, 0) is 17.0 Å². The van der Waals surface area contributed by atoms with Crippen LogP contribution in [0, 0.1) is 0 Å². The summed E-state index contributed by atoms with van der Waals surface area (Å²) in [7, 11) is 0. The van der Waals surface area contributed by atoms with Crippen molar-refractivity contribution in [3.8, 4) is 0 Å². The lowest BCUT2D eigenvalue weighted by atomic mass is 10.3. The van der Waals surface area contributed by atoms with E-state index in [9.17, 15) is 4.79 Å². The summed E-state index contributed by atoms with van der Waals surface area (Å²) >= 11 is 3.08. The molecule has 0 aromatic carbocycles. The number of carboxylic acids is 1. The Kier molecular flexibility index (Phi) is 5.19. The summed E-state index contributed by atoms with van der Waals surface area (Å²) in [5, 5.41) is 15.0. The van der Waals surface area contributed by atoms with Gasteiger partial charge in [-0.25, -0.2) is 4.98 Å². The van der Waals surface area contributed by atoms with Gasteiger partial charge in [0.25, 0.3) is 0 Å². The van der Waals surface area contributed by atoms with Crippen LogP contribution in [0.15, 0.2) is 22.0 Å². The average molecular weight is 311 g/mol. The molecule has 20 heavy (non-hydrogen) atoms. The predicted molar refractivity (Wildman–Crippen MR) is 80.2 cm³/mol. The average Bonchev–Trinajstić information content (AvgIpc) is 3.04. The zero-order valence-electron chi connectivity index (χ0n) is 11.4. The Morgan fingerprint density at radius 2 is 2.35 bits per heavy atom. The van der Waals surface area contributed by atoms with E-state index in [2.05, 4.69) is 23.9 Å². The van der Waals surface area contributed by atoms with E-state index < -0.39 is 5.97 Å². The Morgan fingerprint density at radius 3 is 3.05 bits per heavy atom. The van der Waals surface area contributed by atoms with E-state index in [1.54, 1.807) is 17.1 Å². The number of hydrogen-bond donors (Lipinski definition) is 1. The third-order valence-electron chi connectivity index (χ3n) is 2.91. The van der Waals surface area contributed by atoms with Gasteiger partial charge >= 0.3 is 5.97 Å². The van der Waals surface area contributed by atoms with Crippen molar-refractivity contribution in [1.29, 1.82) is 0 Å². The van der Waals surface area contributed by atoms with E-state index in [-0.39, 0.29) is 6.42 Å². The number of thiazole rings is 1. The van der Waals surface area contributed by atoms with Gasteiger partial charge < -0.3 is 5.11 Å². The summed E-state index contributed by atoms with van der Waals surface area (Å²) in [6.07, 6.45) is 3.04. The fourth-order valence-corrected chi connectivity index (χ4v) is 3.36. The lowest BCUT2D eigenvalue weighted by molar-refractivity contribution is -0.136. The van der Waals surface area contributed by atoms with Gasteiger partial charge in [-0.05, 0) is 19.4 Å². The van der Waals surface area contributed by atoms with E-state index in [1.807, 2.05) is 16.9 Å². The van der Waals surface area contributed by atoms with Gasteiger partial charge in [-0.3, -0.25) is 9.48 Å². The molecule has 0 spiro atoms. The molecule has 0 bridgehead atoms. The number of hydrogen-bond acceptors (Lipinski definition) is 5. The Labute approximate surface area is 126 Å². The van der Waals surface area contributed by atoms with E-state index >= 15 is 0 Å². The molecule has 2 heterocycles. The molecule has 7 heteroatoms. The van der Waals surface area contributed by atoms with Crippen molar-refractivity contribution in [2.45, 2.75) is 42.8 Å². The minimum Gasteiger partial charge on any atom is -0.481 e. The first kappa shape index (κ1) is 15.1. The van der Waals surface area contributed by atoms with Crippen molar-refractivity contribution in [1.82, 2.24) is 14.8 Å². The third kappa shape index (κ3) is 4.08. The SMILES string of the molecule is CCC(C)n1ccc(CSc2nc(CC(=O)O)cs2)n1. The molecule has 2 rings (SSSR count). The normalized spacial score (nSPS) is 12.5. The van der Waals surface area contributed by atoms with Crippen LogP contribution in [-0.4, -0.2) is 25.8 Å².